The van der Waals surface area contributed by atoms with E-state index in [0.717, 1.165) is 56.1 Å². The third kappa shape index (κ3) is 3.67. The van der Waals surface area contributed by atoms with Gasteiger partial charge in [0, 0.05) is 41.1 Å². The molecule has 0 bridgehead atoms. The minimum atomic E-state index is 0.493. The molecule has 1 aromatic carbocycles. The van der Waals surface area contributed by atoms with Gasteiger partial charge in [0.15, 0.2) is 11.5 Å². The van der Waals surface area contributed by atoms with E-state index in [0.29, 0.717) is 23.4 Å². The molecule has 6 heteroatoms. The maximum Gasteiger partial charge on any atom is 0.219 e. The monoisotopic (exact) mass is 404 g/mol. The second-order valence-electron chi connectivity index (χ2n) is 8.28. The van der Waals surface area contributed by atoms with Crippen molar-refractivity contribution in [2.45, 2.75) is 38.1 Å². The van der Waals surface area contributed by atoms with Crippen LogP contribution in [0.3, 0.4) is 0 Å². The van der Waals surface area contributed by atoms with E-state index in [2.05, 4.69) is 28.3 Å². The summed E-state index contributed by atoms with van der Waals surface area (Å²) >= 11 is 0. The fourth-order valence-electron chi connectivity index (χ4n) is 4.55. The smallest absolute Gasteiger partial charge is 0.219 e. The molecule has 0 saturated carbocycles. The second kappa shape index (κ2) is 8.11. The van der Waals surface area contributed by atoms with Crippen molar-refractivity contribution in [3.8, 4) is 17.4 Å². The molecule has 2 aromatic heterocycles. The third-order valence-electron chi connectivity index (χ3n) is 6.22. The van der Waals surface area contributed by atoms with Crippen LogP contribution in [0.2, 0.25) is 0 Å². The predicted molar refractivity (Wildman–Crippen MR) is 119 cm³/mol. The molecular weight excluding hydrogens is 376 g/mol. The van der Waals surface area contributed by atoms with Crippen molar-refractivity contribution in [3.63, 3.8) is 0 Å². The minimum Gasteiger partial charge on any atom is -0.493 e. The summed E-state index contributed by atoms with van der Waals surface area (Å²) in [6.45, 7) is 2.27. The summed E-state index contributed by atoms with van der Waals surface area (Å²) in [4.78, 5) is 11.7. The first-order chi connectivity index (χ1) is 14.7. The highest BCUT2D eigenvalue weighted by Crippen LogP contribution is 2.41. The van der Waals surface area contributed by atoms with Gasteiger partial charge in [0.2, 0.25) is 5.88 Å². The molecule has 1 N–H and O–H groups in total. The molecule has 3 aromatic rings. The fourth-order valence-corrected chi connectivity index (χ4v) is 4.55. The van der Waals surface area contributed by atoms with E-state index in [4.69, 9.17) is 14.5 Å². The Hall–Kier alpha value is -2.86. The van der Waals surface area contributed by atoms with E-state index < -0.39 is 0 Å². The van der Waals surface area contributed by atoms with E-state index in [1.165, 1.54) is 16.9 Å². The molecule has 2 aliphatic rings. The number of benzene rings is 1. The Morgan fingerprint density at radius 1 is 1.10 bits per heavy atom. The van der Waals surface area contributed by atoms with Gasteiger partial charge in [-0.15, -0.1) is 0 Å². The number of nitrogens with zero attached hydrogens (tertiary/aromatic N) is 3. The maximum atomic E-state index is 6.03. The zero-order chi connectivity index (χ0) is 20.5. The van der Waals surface area contributed by atoms with Crippen LogP contribution in [0.4, 0.5) is 5.69 Å². The van der Waals surface area contributed by atoms with Gasteiger partial charge in [-0.1, -0.05) is 6.07 Å². The van der Waals surface area contributed by atoms with Crippen LogP contribution in [0.15, 0.2) is 36.5 Å². The summed E-state index contributed by atoms with van der Waals surface area (Å²) < 4.78 is 11.7. The molecule has 3 heterocycles. The Bertz CT molecular complexity index is 1050. The minimum absolute atomic E-state index is 0.493. The van der Waals surface area contributed by atoms with E-state index in [1.807, 2.05) is 24.3 Å². The van der Waals surface area contributed by atoms with Crippen LogP contribution in [0.25, 0.3) is 10.9 Å². The lowest BCUT2D eigenvalue weighted by molar-refractivity contribution is 0.264. The van der Waals surface area contributed by atoms with E-state index in [9.17, 15) is 0 Å². The van der Waals surface area contributed by atoms with Crippen LogP contribution in [0, 0.1) is 0 Å². The first-order valence-corrected chi connectivity index (χ1v) is 10.8. The number of aromatic nitrogens is 2. The number of rotatable bonds is 5. The van der Waals surface area contributed by atoms with Crippen LogP contribution < -0.4 is 14.8 Å². The number of piperidine rings is 1. The Morgan fingerprint density at radius 3 is 2.73 bits per heavy atom. The topological polar surface area (TPSA) is 59.5 Å². The second-order valence-corrected chi connectivity index (χ2v) is 8.28. The SMILES string of the molecule is COc1cc2c(NC3CCN(C)CC3)c3c(nc2cc1Oc1ccccn1)CCC3. The number of anilines is 1. The highest BCUT2D eigenvalue weighted by atomic mass is 16.5. The van der Waals surface area contributed by atoms with Crippen LogP contribution in [0.5, 0.6) is 17.4 Å². The highest BCUT2D eigenvalue weighted by molar-refractivity contribution is 5.96. The van der Waals surface area contributed by atoms with Crippen molar-refractivity contribution < 1.29 is 9.47 Å². The van der Waals surface area contributed by atoms with Crippen LogP contribution in [0.1, 0.15) is 30.5 Å². The first-order valence-electron chi connectivity index (χ1n) is 10.8. The molecule has 1 fully saturated rings. The Labute approximate surface area is 177 Å². The molecule has 0 radical (unpaired) electrons. The van der Waals surface area contributed by atoms with Gasteiger partial charge in [0.05, 0.1) is 12.6 Å². The lowest BCUT2D eigenvalue weighted by Gasteiger charge is -2.31. The molecular formula is C24H28N4O2. The van der Waals surface area contributed by atoms with Crippen molar-refractivity contribution in [2.75, 3.05) is 32.6 Å². The van der Waals surface area contributed by atoms with E-state index in [1.54, 1.807) is 13.3 Å². The van der Waals surface area contributed by atoms with Crippen molar-refractivity contribution in [2.24, 2.45) is 0 Å². The molecule has 1 aliphatic carbocycles. The summed E-state index contributed by atoms with van der Waals surface area (Å²) in [5.41, 5.74) is 4.77. The average molecular weight is 405 g/mol. The van der Waals surface area contributed by atoms with Crippen molar-refractivity contribution in [3.05, 3.63) is 47.8 Å². The Balaban J connectivity index is 1.57. The number of hydrogen-bond donors (Lipinski definition) is 1. The van der Waals surface area contributed by atoms with Crippen LogP contribution >= 0.6 is 0 Å². The fraction of sp³-hybridized carbons (Fsp3) is 0.417. The van der Waals surface area contributed by atoms with Gasteiger partial charge in [-0.05, 0) is 69.9 Å². The molecule has 0 spiro atoms. The summed E-state index contributed by atoms with van der Waals surface area (Å²) in [6.07, 6.45) is 7.32. The first kappa shape index (κ1) is 19.1. The van der Waals surface area contributed by atoms with Gasteiger partial charge in [0.25, 0.3) is 0 Å². The van der Waals surface area contributed by atoms with Crippen molar-refractivity contribution >= 4 is 16.6 Å². The van der Waals surface area contributed by atoms with E-state index >= 15 is 0 Å². The van der Waals surface area contributed by atoms with Gasteiger partial charge in [-0.25, -0.2) is 4.98 Å². The summed E-state index contributed by atoms with van der Waals surface area (Å²) in [6, 6.07) is 10.2. The number of nitrogens with one attached hydrogen (secondary N) is 1. The molecule has 0 atom stereocenters. The predicted octanol–water partition coefficient (Wildman–Crippen LogP) is 4.43. The maximum absolute atomic E-state index is 6.03. The zero-order valence-electron chi connectivity index (χ0n) is 17.6. The van der Waals surface area contributed by atoms with Gasteiger partial charge >= 0.3 is 0 Å². The number of aryl methyl sites for hydroxylation is 1. The van der Waals surface area contributed by atoms with Crippen molar-refractivity contribution in [1.29, 1.82) is 0 Å². The molecule has 156 valence electrons. The largest absolute Gasteiger partial charge is 0.493 e. The Morgan fingerprint density at radius 2 is 1.97 bits per heavy atom. The number of methoxy groups -OCH3 is 1. The number of hydrogen-bond acceptors (Lipinski definition) is 6. The lowest BCUT2D eigenvalue weighted by Crippen LogP contribution is -2.37. The normalized spacial score (nSPS) is 17.1. The van der Waals surface area contributed by atoms with Gasteiger partial charge in [-0.2, -0.15) is 0 Å². The number of ether oxygens (including phenoxy) is 2. The van der Waals surface area contributed by atoms with Gasteiger partial charge in [-0.3, -0.25) is 4.98 Å². The number of likely N-dealkylation sites (tertiary alicyclic amines) is 1. The van der Waals surface area contributed by atoms with Crippen molar-refractivity contribution in [1.82, 2.24) is 14.9 Å². The summed E-state index contributed by atoms with van der Waals surface area (Å²) in [5, 5.41) is 5.00. The molecule has 6 nitrogen and oxygen atoms in total. The number of pyridine rings is 2. The van der Waals surface area contributed by atoms with Gasteiger partial charge in [0.1, 0.15) is 0 Å². The molecule has 30 heavy (non-hydrogen) atoms. The lowest BCUT2D eigenvalue weighted by atomic mass is 10.0. The highest BCUT2D eigenvalue weighted by Gasteiger charge is 2.24. The Kier molecular flexibility index (Phi) is 5.17. The average Bonchev–Trinajstić information content (AvgIpc) is 3.24. The van der Waals surface area contributed by atoms with Crippen LogP contribution in [-0.2, 0) is 12.8 Å². The number of fused-ring (bicyclic) bond motifs is 2. The third-order valence-corrected chi connectivity index (χ3v) is 6.22. The summed E-state index contributed by atoms with van der Waals surface area (Å²) in [5.74, 6) is 1.87. The molecule has 5 rings (SSSR count). The van der Waals surface area contributed by atoms with Crippen LogP contribution in [-0.4, -0.2) is 48.2 Å². The zero-order valence-corrected chi connectivity index (χ0v) is 17.6. The molecule has 0 amide bonds. The molecule has 1 saturated heterocycles. The molecule has 0 unspecified atom stereocenters. The standard InChI is InChI=1S/C24H28N4O2/c1-28-12-9-16(10-13-28)26-24-17-6-5-7-19(17)27-20-15-22(21(29-2)14-18(20)24)30-23-8-3-4-11-25-23/h3-4,8,11,14-16H,5-7,9-10,12-13H2,1-2H3,(H,26,27). The summed E-state index contributed by atoms with van der Waals surface area (Å²) in [7, 11) is 3.88. The van der Waals surface area contributed by atoms with E-state index in [-0.39, 0.29) is 0 Å². The van der Waals surface area contributed by atoms with Gasteiger partial charge < -0.3 is 19.7 Å². The quantitative estimate of drug-likeness (QED) is 0.679. The molecule has 1 aliphatic heterocycles.